The van der Waals surface area contributed by atoms with Crippen LogP contribution in [0.3, 0.4) is 0 Å². The fraction of sp³-hybridized carbons (Fsp3) is 0.231. The van der Waals surface area contributed by atoms with E-state index in [0.717, 1.165) is 26.9 Å². The van der Waals surface area contributed by atoms with E-state index in [-0.39, 0.29) is 141 Å². The summed E-state index contributed by atoms with van der Waals surface area (Å²) in [5, 5.41) is 17.2. The number of nitrogens with zero attached hydrogens (tertiary/aromatic N) is 6. The fourth-order valence-electron chi connectivity index (χ4n) is 6.81. The summed E-state index contributed by atoms with van der Waals surface area (Å²) in [5.74, 6) is -0.351. The maximum absolute atomic E-state index is 14.6. The van der Waals surface area contributed by atoms with E-state index in [1.54, 1.807) is 77.4 Å². The maximum atomic E-state index is 14.6. The number of para-hydroxylation sites is 1. The van der Waals surface area contributed by atoms with Crippen molar-refractivity contribution in [2.24, 2.45) is 0 Å². The molecule has 20 heteroatoms. The summed E-state index contributed by atoms with van der Waals surface area (Å²) < 4.78 is 10.2. The molecule has 4 amide bonds. The van der Waals surface area contributed by atoms with Gasteiger partial charge in [-0.05, 0) is 72.5 Å². The zero-order valence-corrected chi connectivity index (χ0v) is 39.0. The number of aryl methyl sites for hydroxylation is 1. The van der Waals surface area contributed by atoms with Gasteiger partial charge in [0.05, 0.1) is 30.8 Å². The molecule has 0 saturated carbocycles. The molecular weight excluding hydrogens is 819 g/mol. The number of pyridine rings is 1. The van der Waals surface area contributed by atoms with Gasteiger partial charge in [-0.25, -0.2) is 14.8 Å². The number of phenolic OH excluding ortho intramolecular Hbond substituents is 1. The minimum atomic E-state index is -0.884. The predicted octanol–water partition coefficient (Wildman–Crippen LogP) is -3.25. The second-order valence-corrected chi connectivity index (χ2v) is 13.8. The van der Waals surface area contributed by atoms with E-state index in [0.29, 0.717) is 5.69 Å². The Kier molecular flexibility index (Phi) is 24.3. The number of hydrogen-bond acceptors (Lipinski definition) is 8. The second-order valence-electron chi connectivity index (χ2n) is 12.7. The van der Waals surface area contributed by atoms with Crippen LogP contribution in [0.1, 0.15) is 25.2 Å². The number of hydrazine groups is 1. The van der Waals surface area contributed by atoms with Gasteiger partial charge in [0.2, 0.25) is 11.8 Å². The van der Waals surface area contributed by atoms with Crippen molar-refractivity contribution in [3.05, 3.63) is 138 Å². The summed E-state index contributed by atoms with van der Waals surface area (Å²) >= 11 is 1.60. The number of phenols is 1. The molecular formula is C39H50N7Na2O9PS. The third-order valence-corrected chi connectivity index (χ3v) is 10.2. The monoisotopic (exact) mass is 869 g/mol. The number of fused-ring (bicyclic) bond motifs is 2. The number of rotatable bonds is 10. The summed E-state index contributed by atoms with van der Waals surface area (Å²) in [5.41, 5.74) is 4.59. The molecule has 0 spiro atoms. The Hall–Kier alpha value is -3.65. The van der Waals surface area contributed by atoms with E-state index in [1.165, 1.54) is 5.56 Å². The van der Waals surface area contributed by atoms with Crippen LogP contribution in [0.15, 0.2) is 121 Å². The molecule has 2 aliphatic heterocycles. The molecule has 0 radical (unpaired) electrons. The van der Waals surface area contributed by atoms with Crippen LogP contribution in [0.2, 0.25) is 0 Å². The number of carbonyl (C=O) groups is 3. The molecule has 7 rings (SSSR count). The zero-order valence-electron chi connectivity index (χ0n) is 35.2. The molecule has 2 saturated heterocycles. The molecule has 4 heterocycles. The van der Waals surface area contributed by atoms with E-state index in [9.17, 15) is 19.5 Å². The Morgan fingerprint density at radius 3 is 2.31 bits per heavy atom. The quantitative estimate of drug-likeness (QED) is 0.0817. The first-order valence-corrected chi connectivity index (χ1v) is 18.2. The number of aromatic nitrogens is 2. The van der Waals surface area contributed by atoms with Crippen LogP contribution in [0.25, 0.3) is 10.9 Å². The van der Waals surface area contributed by atoms with Crippen LogP contribution in [0.5, 0.6) is 5.75 Å². The van der Waals surface area contributed by atoms with Gasteiger partial charge in [0.25, 0.3) is 0 Å². The summed E-state index contributed by atoms with van der Waals surface area (Å²) in [7, 11) is 1.72. The van der Waals surface area contributed by atoms with Crippen LogP contribution in [-0.4, -0.2) is 105 Å². The number of carbonyl (C=O) groups excluding carboxylic acids is 3. The van der Waals surface area contributed by atoms with Gasteiger partial charge in [0.1, 0.15) is 27.1 Å². The molecule has 3 aromatic carbocycles. The average Bonchev–Trinajstić information content (AvgIpc) is 3.59. The summed E-state index contributed by atoms with van der Waals surface area (Å²) in [4.78, 5) is 51.4. The summed E-state index contributed by atoms with van der Waals surface area (Å²) in [6.45, 7) is 6.66. The van der Waals surface area contributed by atoms with Crippen LogP contribution in [0.4, 0.5) is 4.79 Å². The predicted molar refractivity (Wildman–Crippen MR) is 222 cm³/mol. The Labute approximate surface area is 396 Å². The number of nitrogens with one attached hydrogen (secondary N) is 1. The van der Waals surface area contributed by atoms with Crippen molar-refractivity contribution >= 4 is 49.8 Å². The number of piperazine rings is 1. The van der Waals surface area contributed by atoms with E-state index in [2.05, 4.69) is 64.2 Å². The summed E-state index contributed by atoms with van der Waals surface area (Å²) in [6.07, 6.45) is 4.78. The Bertz CT molecular complexity index is 2120. The molecule has 2 aliphatic rings. The maximum Gasteiger partial charge on any atom is 1.00 e. The van der Waals surface area contributed by atoms with Gasteiger partial charge in [-0.3, -0.25) is 23.1 Å². The third kappa shape index (κ3) is 12.9. The normalized spacial score (nSPS) is 15.5. The van der Waals surface area contributed by atoms with Gasteiger partial charge in [0, 0.05) is 42.2 Å². The largest absolute Gasteiger partial charge is 1.00 e. The Morgan fingerprint density at radius 1 is 0.966 bits per heavy atom. The van der Waals surface area contributed by atoms with E-state index in [4.69, 9.17) is 4.57 Å². The zero-order chi connectivity index (χ0) is 37.5. The van der Waals surface area contributed by atoms with Gasteiger partial charge >= 0.3 is 65.1 Å². The van der Waals surface area contributed by atoms with Gasteiger partial charge in [-0.1, -0.05) is 60.2 Å². The van der Waals surface area contributed by atoms with Crippen LogP contribution in [0, 0.1) is 6.92 Å². The SMILES string of the molecule is C=CCN1CC(=O)N2[C@@H](Cc3ccc(O)cc3)C(=O)N(Cc3cccc4ccn(Sc5ccc(C)cc5)c34)C[C@@H]2N1C(=O)NCc1ccccn1.O.O.O.O.O=P.[H-].[H-].[Na+].[Na+]. The molecule has 2 atom stereocenters. The molecule has 10 N–H and O–H groups in total. The van der Waals surface area contributed by atoms with Crippen LogP contribution >= 0.6 is 21.1 Å². The fourth-order valence-corrected chi connectivity index (χ4v) is 7.73. The molecule has 16 nitrogen and oxygen atoms in total. The number of amides is 4. The Morgan fingerprint density at radius 2 is 1.66 bits per heavy atom. The minimum Gasteiger partial charge on any atom is -1.00 e. The molecule has 2 fully saturated rings. The molecule has 2 aromatic heterocycles. The van der Waals surface area contributed by atoms with Gasteiger partial charge in [-0.2, -0.15) is 0 Å². The number of benzene rings is 3. The van der Waals surface area contributed by atoms with Gasteiger partial charge < -0.3 is 45.0 Å². The van der Waals surface area contributed by atoms with Crippen molar-refractivity contribution in [3.8, 4) is 5.75 Å². The number of aromatic hydroxyl groups is 1. The van der Waals surface area contributed by atoms with Crippen molar-refractivity contribution in [3.63, 3.8) is 0 Å². The molecule has 0 aliphatic carbocycles. The average molecular weight is 870 g/mol. The molecule has 0 bridgehead atoms. The van der Waals surface area contributed by atoms with Gasteiger partial charge in [0.15, 0.2) is 0 Å². The summed E-state index contributed by atoms with van der Waals surface area (Å²) in [6, 6.07) is 27.3. The molecule has 5 aromatic rings. The van der Waals surface area contributed by atoms with E-state index < -0.39 is 18.2 Å². The van der Waals surface area contributed by atoms with E-state index >= 15 is 0 Å². The van der Waals surface area contributed by atoms with Crippen LogP contribution in [-0.2, 0) is 33.7 Å². The molecule has 59 heavy (non-hydrogen) atoms. The van der Waals surface area contributed by atoms with Crippen LogP contribution < -0.4 is 64.4 Å². The van der Waals surface area contributed by atoms with Crippen molar-refractivity contribution in [2.75, 3.05) is 19.6 Å². The smallest absolute Gasteiger partial charge is 1.00 e. The Balaban J connectivity index is -0.00000332. The topological polar surface area (TPSA) is 257 Å². The number of urea groups is 1. The first-order chi connectivity index (χ1) is 25.8. The van der Waals surface area contributed by atoms with Crippen molar-refractivity contribution in [2.45, 2.75) is 43.5 Å². The van der Waals surface area contributed by atoms with Crippen molar-refractivity contribution in [1.29, 1.82) is 0 Å². The first kappa shape index (κ1) is 55.4. The van der Waals surface area contributed by atoms with Crippen molar-refractivity contribution in [1.82, 2.24) is 34.1 Å². The second kappa shape index (κ2) is 25.9. The van der Waals surface area contributed by atoms with E-state index in [1.807, 2.05) is 36.5 Å². The molecule has 0 unspecified atom stereocenters. The minimum absolute atomic E-state index is 0. The van der Waals surface area contributed by atoms with Crippen molar-refractivity contribution < 1.29 is 108 Å². The third-order valence-electron chi connectivity index (χ3n) is 9.24. The number of hydrogen-bond donors (Lipinski definition) is 2. The molecule has 308 valence electrons. The standard InChI is InChI=1S/C39H39N7O4S.2Na.HOP.4H2O.2H/c1-3-20-43-26-36(48)45-34(22-28-12-14-32(47)15-13-28)38(49)42(25-35(45)46(43)39(50)41-23-31-9-4-5-19-40-31)24-30-8-6-7-29-18-21-44(37(29)30)51-33-16-10-27(2)11-17-33;;;1-2;;;;;;/h3-19,21,34-35,47H,1,20,22-26H2,2H3,(H,41,50);;;2H;4*1H2;;/q;2*+1;;;;;;2*-1/t34-,35-;;;;;;;;;/m0........./s1. The van der Waals surface area contributed by atoms with Gasteiger partial charge in [-0.15, -0.1) is 6.58 Å². The first-order valence-electron chi connectivity index (χ1n) is 17.0.